The second-order valence-electron chi connectivity index (χ2n) is 4.26. The topological polar surface area (TPSA) is 68.3 Å². The first-order valence-electron chi connectivity index (χ1n) is 5.90. The lowest BCUT2D eigenvalue weighted by Gasteiger charge is -2.06. The lowest BCUT2D eigenvalue weighted by atomic mass is 10.1. The molecule has 0 aliphatic heterocycles. The van der Waals surface area contributed by atoms with Gasteiger partial charge in [-0.3, -0.25) is 4.79 Å². The highest BCUT2D eigenvalue weighted by Crippen LogP contribution is 2.11. The Labute approximate surface area is 120 Å². The number of aryl methyl sites for hydroxylation is 1. The van der Waals surface area contributed by atoms with Crippen molar-refractivity contribution in [2.45, 2.75) is 13.5 Å². The summed E-state index contributed by atoms with van der Waals surface area (Å²) in [5, 5.41) is 2.58. The molecule has 0 fully saturated rings. The highest BCUT2D eigenvalue weighted by molar-refractivity contribution is 7.80. The van der Waals surface area contributed by atoms with E-state index in [0.717, 1.165) is 0 Å². The van der Waals surface area contributed by atoms with Gasteiger partial charge in [0.15, 0.2) is 5.76 Å². The third-order valence-electron chi connectivity index (χ3n) is 2.74. The quantitative estimate of drug-likeness (QED) is 0.848. The van der Waals surface area contributed by atoms with Gasteiger partial charge in [0.2, 0.25) is 0 Å². The minimum Gasteiger partial charge on any atom is -0.456 e. The normalized spacial score (nSPS) is 10.3. The van der Waals surface area contributed by atoms with Gasteiger partial charge in [0.1, 0.15) is 16.6 Å². The van der Waals surface area contributed by atoms with Crippen LogP contribution in [0.5, 0.6) is 0 Å². The fourth-order valence-electron chi connectivity index (χ4n) is 1.66. The van der Waals surface area contributed by atoms with Gasteiger partial charge in [0.05, 0.1) is 0 Å². The summed E-state index contributed by atoms with van der Waals surface area (Å²) in [6, 6.07) is 7.66. The monoisotopic (exact) mass is 292 g/mol. The van der Waals surface area contributed by atoms with Crippen molar-refractivity contribution in [2.75, 3.05) is 0 Å². The number of rotatable bonds is 4. The van der Waals surface area contributed by atoms with Gasteiger partial charge in [0, 0.05) is 17.7 Å². The van der Waals surface area contributed by atoms with Crippen molar-refractivity contribution in [3.8, 4) is 0 Å². The summed E-state index contributed by atoms with van der Waals surface area (Å²) < 4.78 is 19.0. The van der Waals surface area contributed by atoms with Crippen molar-refractivity contribution >= 4 is 23.1 Å². The number of amides is 1. The molecule has 1 aromatic carbocycles. The van der Waals surface area contributed by atoms with Crippen LogP contribution >= 0.6 is 12.2 Å². The Morgan fingerprint density at radius 2 is 2.15 bits per heavy atom. The van der Waals surface area contributed by atoms with Crippen molar-refractivity contribution in [3.05, 3.63) is 58.8 Å². The lowest BCUT2D eigenvalue weighted by molar-refractivity contribution is 0.0921. The predicted octanol–water partition coefficient (Wildman–Crippen LogP) is 2.29. The molecular formula is C14H13FN2O2S. The molecule has 0 spiro atoms. The van der Waals surface area contributed by atoms with Gasteiger partial charge in [-0.05, 0) is 25.1 Å². The molecule has 2 rings (SSSR count). The number of hydrogen-bond acceptors (Lipinski definition) is 3. The number of nitrogens with two attached hydrogens (primary N) is 1. The summed E-state index contributed by atoms with van der Waals surface area (Å²) in [6.07, 6.45) is 0. The van der Waals surface area contributed by atoms with E-state index in [0.29, 0.717) is 16.9 Å². The maximum Gasteiger partial charge on any atom is 0.287 e. The van der Waals surface area contributed by atoms with Crippen LogP contribution in [0.3, 0.4) is 0 Å². The molecule has 0 aliphatic carbocycles. The average Bonchev–Trinajstić information content (AvgIpc) is 2.83. The summed E-state index contributed by atoms with van der Waals surface area (Å²) in [7, 11) is 0. The fourth-order valence-corrected chi connectivity index (χ4v) is 1.79. The summed E-state index contributed by atoms with van der Waals surface area (Å²) in [5.74, 6) is -0.0213. The molecule has 0 atom stereocenters. The van der Waals surface area contributed by atoms with Gasteiger partial charge >= 0.3 is 0 Å². The van der Waals surface area contributed by atoms with Crippen LogP contribution in [0.1, 0.15) is 27.4 Å². The smallest absolute Gasteiger partial charge is 0.287 e. The number of carbonyl (C=O) groups is 1. The van der Waals surface area contributed by atoms with E-state index in [-0.39, 0.29) is 17.3 Å². The number of halogens is 1. The number of nitrogens with one attached hydrogen (secondary N) is 1. The van der Waals surface area contributed by atoms with Crippen molar-refractivity contribution < 1.29 is 13.6 Å². The predicted molar refractivity (Wildman–Crippen MR) is 76.9 cm³/mol. The standard InChI is InChI=1S/C14H13FN2O2S/c1-8-2-5-12(19-8)14(18)17-7-10-4-3-9(13(16)20)6-11(10)15/h2-6H,7H2,1H3,(H2,16,20)(H,17,18). The Morgan fingerprint density at radius 3 is 2.70 bits per heavy atom. The second kappa shape index (κ2) is 5.83. The molecule has 0 saturated heterocycles. The van der Waals surface area contributed by atoms with Crippen LogP contribution in [0.4, 0.5) is 4.39 Å². The molecule has 0 saturated carbocycles. The summed E-state index contributed by atoms with van der Waals surface area (Å²) in [4.78, 5) is 11.9. The number of carbonyl (C=O) groups excluding carboxylic acids is 1. The molecule has 1 aromatic heterocycles. The number of hydrogen-bond donors (Lipinski definition) is 2. The van der Waals surface area contributed by atoms with E-state index in [1.165, 1.54) is 12.1 Å². The van der Waals surface area contributed by atoms with E-state index in [1.54, 1.807) is 25.1 Å². The Kier molecular flexibility index (Phi) is 4.14. The molecule has 1 heterocycles. The Bertz CT molecular complexity index is 667. The van der Waals surface area contributed by atoms with Crippen LogP contribution in [0, 0.1) is 12.7 Å². The van der Waals surface area contributed by atoms with E-state index in [2.05, 4.69) is 5.32 Å². The molecule has 104 valence electrons. The van der Waals surface area contributed by atoms with Crippen LogP contribution in [0.2, 0.25) is 0 Å². The van der Waals surface area contributed by atoms with Crippen molar-refractivity contribution in [2.24, 2.45) is 5.73 Å². The zero-order chi connectivity index (χ0) is 14.7. The average molecular weight is 292 g/mol. The Hall–Kier alpha value is -2.21. The minimum absolute atomic E-state index is 0.0576. The van der Waals surface area contributed by atoms with Crippen molar-refractivity contribution in [1.29, 1.82) is 0 Å². The molecule has 0 bridgehead atoms. The summed E-state index contributed by atoms with van der Waals surface area (Å²) >= 11 is 4.77. The van der Waals surface area contributed by atoms with Gasteiger partial charge in [-0.25, -0.2) is 4.39 Å². The van der Waals surface area contributed by atoms with Gasteiger partial charge in [-0.15, -0.1) is 0 Å². The molecule has 0 aliphatic rings. The molecule has 20 heavy (non-hydrogen) atoms. The molecule has 1 amide bonds. The maximum absolute atomic E-state index is 13.8. The van der Waals surface area contributed by atoms with E-state index < -0.39 is 11.7 Å². The molecular weight excluding hydrogens is 279 g/mol. The maximum atomic E-state index is 13.8. The van der Waals surface area contributed by atoms with Gasteiger partial charge in [-0.2, -0.15) is 0 Å². The van der Waals surface area contributed by atoms with E-state index in [4.69, 9.17) is 22.4 Å². The molecule has 2 aromatic rings. The molecule has 0 radical (unpaired) electrons. The van der Waals surface area contributed by atoms with Crippen LogP contribution in [0.15, 0.2) is 34.7 Å². The Morgan fingerprint density at radius 1 is 1.40 bits per heavy atom. The van der Waals surface area contributed by atoms with Crippen molar-refractivity contribution in [1.82, 2.24) is 5.32 Å². The SMILES string of the molecule is Cc1ccc(C(=O)NCc2ccc(C(N)=S)cc2F)o1. The second-order valence-corrected chi connectivity index (χ2v) is 4.70. The Balaban J connectivity index is 2.04. The molecule has 3 N–H and O–H groups in total. The van der Waals surface area contributed by atoms with Gasteiger partial charge in [-0.1, -0.05) is 24.4 Å². The minimum atomic E-state index is -0.466. The summed E-state index contributed by atoms with van der Waals surface area (Å²) in [5.41, 5.74) is 6.22. The van der Waals surface area contributed by atoms with E-state index in [9.17, 15) is 9.18 Å². The third-order valence-corrected chi connectivity index (χ3v) is 2.98. The fraction of sp³-hybridized carbons (Fsp3) is 0.143. The zero-order valence-electron chi connectivity index (χ0n) is 10.8. The first-order valence-corrected chi connectivity index (χ1v) is 6.31. The summed E-state index contributed by atoms with van der Waals surface area (Å²) in [6.45, 7) is 1.80. The molecule has 6 heteroatoms. The highest BCUT2D eigenvalue weighted by Gasteiger charge is 2.11. The lowest BCUT2D eigenvalue weighted by Crippen LogP contribution is -2.23. The van der Waals surface area contributed by atoms with Crippen LogP contribution in [-0.4, -0.2) is 10.9 Å². The van der Waals surface area contributed by atoms with E-state index in [1.807, 2.05) is 0 Å². The third kappa shape index (κ3) is 3.21. The molecule has 4 nitrogen and oxygen atoms in total. The highest BCUT2D eigenvalue weighted by atomic mass is 32.1. The van der Waals surface area contributed by atoms with Crippen LogP contribution < -0.4 is 11.1 Å². The van der Waals surface area contributed by atoms with Gasteiger partial charge < -0.3 is 15.5 Å². The number of furan rings is 1. The molecule has 0 unspecified atom stereocenters. The van der Waals surface area contributed by atoms with Gasteiger partial charge in [0.25, 0.3) is 5.91 Å². The number of benzene rings is 1. The van der Waals surface area contributed by atoms with Crippen LogP contribution in [-0.2, 0) is 6.54 Å². The first-order chi connectivity index (χ1) is 9.47. The first kappa shape index (κ1) is 14.2. The van der Waals surface area contributed by atoms with Crippen molar-refractivity contribution in [3.63, 3.8) is 0 Å². The zero-order valence-corrected chi connectivity index (χ0v) is 11.6. The number of thiocarbonyl (C=S) groups is 1. The largest absolute Gasteiger partial charge is 0.456 e. The van der Waals surface area contributed by atoms with E-state index >= 15 is 0 Å². The van der Waals surface area contributed by atoms with Crippen LogP contribution in [0.25, 0.3) is 0 Å².